The zero-order valence-electron chi connectivity index (χ0n) is 10.3. The average Bonchev–Trinajstić information content (AvgIpc) is 2.34. The van der Waals surface area contributed by atoms with E-state index in [2.05, 4.69) is 15.9 Å². The molecular weight excluding hydrogens is 300 g/mol. The summed E-state index contributed by atoms with van der Waals surface area (Å²) in [7, 11) is 1.55. The minimum atomic E-state index is -0.993. The molecule has 1 aromatic rings. The molecule has 0 aromatic heterocycles. The highest BCUT2D eigenvalue weighted by Crippen LogP contribution is 2.34. The first-order valence-electron chi connectivity index (χ1n) is 5.49. The Balaban J connectivity index is 3.05. The number of ether oxygens (including phenoxy) is 2. The molecule has 0 aliphatic heterocycles. The second-order valence-corrected chi connectivity index (χ2v) is 4.40. The molecule has 0 radical (unpaired) electrons. The van der Waals surface area contributed by atoms with Crippen LogP contribution >= 0.6 is 15.9 Å². The summed E-state index contributed by atoms with van der Waals surface area (Å²) in [4.78, 5) is 10.5. The number of methoxy groups -OCH3 is 1. The summed E-state index contributed by atoms with van der Waals surface area (Å²) >= 11 is 3.37. The maximum absolute atomic E-state index is 10.5. The summed E-state index contributed by atoms with van der Waals surface area (Å²) in [5.74, 6) is 0.225. The number of halogens is 1. The Morgan fingerprint density at radius 3 is 2.72 bits per heavy atom. The van der Waals surface area contributed by atoms with Crippen LogP contribution in [0.5, 0.6) is 11.5 Å². The number of rotatable bonds is 6. The van der Waals surface area contributed by atoms with Gasteiger partial charge < -0.3 is 14.6 Å². The van der Waals surface area contributed by atoms with E-state index in [1.165, 1.54) is 6.08 Å². The van der Waals surface area contributed by atoms with Gasteiger partial charge in [-0.05, 0) is 30.2 Å². The number of aliphatic carboxylic acids is 1. The topological polar surface area (TPSA) is 55.8 Å². The molecule has 0 heterocycles. The summed E-state index contributed by atoms with van der Waals surface area (Å²) in [6.45, 7) is 2.62. The van der Waals surface area contributed by atoms with Crippen molar-refractivity contribution in [2.45, 2.75) is 13.3 Å². The number of benzene rings is 1. The highest BCUT2D eigenvalue weighted by Gasteiger charge is 2.08. The fraction of sp³-hybridized carbons (Fsp3) is 0.308. The molecule has 0 aliphatic carbocycles. The SMILES string of the molecule is CCCOc1cc(Br)c(C=CC(=O)O)cc1OC. The van der Waals surface area contributed by atoms with E-state index in [4.69, 9.17) is 14.6 Å². The van der Waals surface area contributed by atoms with Crippen LogP contribution in [0.2, 0.25) is 0 Å². The molecule has 1 N–H and O–H groups in total. The van der Waals surface area contributed by atoms with Crippen molar-refractivity contribution in [1.29, 1.82) is 0 Å². The van der Waals surface area contributed by atoms with Crippen molar-refractivity contribution in [2.75, 3.05) is 13.7 Å². The maximum Gasteiger partial charge on any atom is 0.328 e. The van der Waals surface area contributed by atoms with Gasteiger partial charge in [0, 0.05) is 10.5 Å². The molecule has 18 heavy (non-hydrogen) atoms. The molecule has 4 nitrogen and oxygen atoms in total. The summed E-state index contributed by atoms with van der Waals surface area (Å²) in [5.41, 5.74) is 0.720. The van der Waals surface area contributed by atoms with Gasteiger partial charge in [0.2, 0.25) is 0 Å². The highest BCUT2D eigenvalue weighted by molar-refractivity contribution is 9.10. The van der Waals surface area contributed by atoms with Crippen LogP contribution < -0.4 is 9.47 Å². The lowest BCUT2D eigenvalue weighted by atomic mass is 10.2. The van der Waals surface area contributed by atoms with Crippen molar-refractivity contribution < 1.29 is 19.4 Å². The Morgan fingerprint density at radius 1 is 1.44 bits per heavy atom. The van der Waals surface area contributed by atoms with E-state index in [1.54, 1.807) is 19.2 Å². The third-order valence-electron chi connectivity index (χ3n) is 2.15. The standard InChI is InChI=1S/C13H15BrO4/c1-3-6-18-12-8-10(14)9(4-5-13(15)16)7-11(12)17-2/h4-5,7-8H,3,6H2,1-2H3,(H,15,16). The van der Waals surface area contributed by atoms with Gasteiger partial charge in [0.25, 0.3) is 0 Å². The smallest absolute Gasteiger partial charge is 0.328 e. The molecule has 0 unspecified atom stereocenters. The second kappa shape index (κ2) is 7.06. The van der Waals surface area contributed by atoms with Crippen LogP contribution in [0, 0.1) is 0 Å². The minimum Gasteiger partial charge on any atom is -0.493 e. The van der Waals surface area contributed by atoms with Gasteiger partial charge in [0.1, 0.15) is 0 Å². The Labute approximate surface area is 114 Å². The molecule has 0 fully saturated rings. The number of carboxylic acids is 1. The second-order valence-electron chi connectivity index (χ2n) is 3.54. The van der Waals surface area contributed by atoms with E-state index in [-0.39, 0.29) is 0 Å². The van der Waals surface area contributed by atoms with Gasteiger partial charge in [-0.15, -0.1) is 0 Å². The maximum atomic E-state index is 10.5. The van der Waals surface area contributed by atoms with Crippen molar-refractivity contribution in [3.05, 3.63) is 28.2 Å². The number of hydrogen-bond acceptors (Lipinski definition) is 3. The van der Waals surface area contributed by atoms with Crippen LogP contribution in [-0.2, 0) is 4.79 Å². The first-order valence-corrected chi connectivity index (χ1v) is 6.29. The predicted molar refractivity (Wildman–Crippen MR) is 73.1 cm³/mol. The normalized spacial score (nSPS) is 10.6. The lowest BCUT2D eigenvalue weighted by Crippen LogP contribution is -1.98. The van der Waals surface area contributed by atoms with Crippen molar-refractivity contribution in [3.8, 4) is 11.5 Å². The Morgan fingerprint density at radius 2 is 2.17 bits per heavy atom. The van der Waals surface area contributed by atoms with Crippen LogP contribution in [0.1, 0.15) is 18.9 Å². The zero-order chi connectivity index (χ0) is 13.5. The van der Waals surface area contributed by atoms with Gasteiger partial charge in [-0.3, -0.25) is 0 Å². The van der Waals surface area contributed by atoms with Gasteiger partial charge in [-0.2, -0.15) is 0 Å². The van der Waals surface area contributed by atoms with Gasteiger partial charge in [-0.25, -0.2) is 4.79 Å². The molecule has 0 aliphatic rings. The summed E-state index contributed by atoms with van der Waals surface area (Å²) in [6.07, 6.45) is 3.48. The molecule has 5 heteroatoms. The summed E-state index contributed by atoms with van der Waals surface area (Å²) in [5, 5.41) is 8.60. The first kappa shape index (κ1) is 14.6. The zero-order valence-corrected chi connectivity index (χ0v) is 11.9. The van der Waals surface area contributed by atoms with Gasteiger partial charge in [0.15, 0.2) is 11.5 Å². The molecule has 98 valence electrons. The Kier molecular flexibility index (Phi) is 5.71. The van der Waals surface area contributed by atoms with E-state index in [1.807, 2.05) is 6.92 Å². The van der Waals surface area contributed by atoms with E-state index >= 15 is 0 Å². The molecule has 0 saturated heterocycles. The summed E-state index contributed by atoms with van der Waals surface area (Å²) < 4.78 is 11.5. The third kappa shape index (κ3) is 4.07. The molecule has 0 bridgehead atoms. The fourth-order valence-electron chi connectivity index (χ4n) is 1.32. The van der Waals surface area contributed by atoms with Crippen molar-refractivity contribution in [3.63, 3.8) is 0 Å². The molecular formula is C13H15BrO4. The Hall–Kier alpha value is -1.49. The van der Waals surface area contributed by atoms with E-state index in [9.17, 15) is 4.79 Å². The lowest BCUT2D eigenvalue weighted by molar-refractivity contribution is -0.131. The predicted octanol–water partition coefficient (Wildman–Crippen LogP) is 3.34. The highest BCUT2D eigenvalue weighted by atomic mass is 79.9. The minimum absolute atomic E-state index is 0.580. The van der Waals surface area contributed by atoms with Crippen molar-refractivity contribution >= 4 is 28.0 Å². The Bertz CT molecular complexity index is 455. The van der Waals surface area contributed by atoms with Gasteiger partial charge in [-0.1, -0.05) is 22.9 Å². The first-order chi connectivity index (χ1) is 8.58. The lowest BCUT2D eigenvalue weighted by Gasteiger charge is -2.12. The van der Waals surface area contributed by atoms with Crippen molar-refractivity contribution in [2.24, 2.45) is 0 Å². The molecule has 1 rings (SSSR count). The van der Waals surface area contributed by atoms with Crippen LogP contribution in [-0.4, -0.2) is 24.8 Å². The molecule has 0 spiro atoms. The van der Waals surface area contributed by atoms with E-state index in [0.29, 0.717) is 18.1 Å². The largest absolute Gasteiger partial charge is 0.493 e. The average molecular weight is 315 g/mol. The quantitative estimate of drug-likeness (QED) is 0.818. The molecule has 0 saturated carbocycles. The summed E-state index contributed by atoms with van der Waals surface area (Å²) in [6, 6.07) is 3.50. The molecule has 0 atom stereocenters. The number of hydrogen-bond donors (Lipinski definition) is 1. The molecule has 1 aromatic carbocycles. The fourth-order valence-corrected chi connectivity index (χ4v) is 1.78. The number of carboxylic acid groups (broad SMARTS) is 1. The van der Waals surface area contributed by atoms with E-state index in [0.717, 1.165) is 22.5 Å². The van der Waals surface area contributed by atoms with Crippen LogP contribution in [0.25, 0.3) is 6.08 Å². The van der Waals surface area contributed by atoms with Gasteiger partial charge in [0.05, 0.1) is 13.7 Å². The van der Waals surface area contributed by atoms with Crippen molar-refractivity contribution in [1.82, 2.24) is 0 Å². The number of carbonyl (C=O) groups is 1. The van der Waals surface area contributed by atoms with Crippen LogP contribution in [0.4, 0.5) is 0 Å². The van der Waals surface area contributed by atoms with Crippen LogP contribution in [0.15, 0.2) is 22.7 Å². The van der Waals surface area contributed by atoms with E-state index < -0.39 is 5.97 Å². The van der Waals surface area contributed by atoms with Gasteiger partial charge >= 0.3 is 5.97 Å². The monoisotopic (exact) mass is 314 g/mol. The third-order valence-corrected chi connectivity index (χ3v) is 2.84. The molecule has 0 amide bonds. The van der Waals surface area contributed by atoms with Crippen LogP contribution in [0.3, 0.4) is 0 Å².